The molecule has 0 spiro atoms. The molecule has 7 nitrogen and oxygen atoms in total. The SMILES string of the molecule is CN(C)C(CNC(=O)Cc1ccc2c(c1)OCCO2)c1ccc2c(c1)OCO2. The predicted octanol–water partition coefficient (Wildman–Crippen LogP) is 2.15. The third-order valence-electron chi connectivity index (χ3n) is 4.87. The molecular weight excluding hydrogens is 360 g/mol. The van der Waals surface area contributed by atoms with Gasteiger partial charge in [-0.25, -0.2) is 0 Å². The molecule has 4 rings (SSSR count). The van der Waals surface area contributed by atoms with E-state index in [1.165, 1.54) is 0 Å². The van der Waals surface area contributed by atoms with Crippen LogP contribution in [0.25, 0.3) is 0 Å². The van der Waals surface area contributed by atoms with Gasteiger partial charge in [-0.05, 0) is 49.5 Å². The second-order valence-corrected chi connectivity index (χ2v) is 7.05. The summed E-state index contributed by atoms with van der Waals surface area (Å²) in [7, 11) is 3.98. The van der Waals surface area contributed by atoms with Gasteiger partial charge >= 0.3 is 0 Å². The minimum atomic E-state index is -0.0377. The molecule has 7 heteroatoms. The third kappa shape index (κ3) is 3.99. The first-order valence-corrected chi connectivity index (χ1v) is 9.31. The highest BCUT2D eigenvalue weighted by atomic mass is 16.7. The molecule has 2 aromatic rings. The molecule has 0 radical (unpaired) electrons. The predicted molar refractivity (Wildman–Crippen MR) is 103 cm³/mol. The van der Waals surface area contributed by atoms with Gasteiger partial charge in [0.1, 0.15) is 13.2 Å². The standard InChI is InChI=1S/C21H24N2O5/c1-23(2)16(15-4-6-18-20(11-15)28-13-27-18)12-22-21(24)10-14-3-5-17-19(9-14)26-8-7-25-17/h3-6,9,11,16H,7-8,10,12-13H2,1-2H3,(H,22,24). The largest absolute Gasteiger partial charge is 0.486 e. The summed E-state index contributed by atoms with van der Waals surface area (Å²) >= 11 is 0. The summed E-state index contributed by atoms with van der Waals surface area (Å²) in [5.41, 5.74) is 1.96. The van der Waals surface area contributed by atoms with Crippen molar-refractivity contribution in [2.24, 2.45) is 0 Å². The number of carbonyl (C=O) groups is 1. The Kier molecular flexibility index (Phi) is 5.25. The lowest BCUT2D eigenvalue weighted by molar-refractivity contribution is -0.120. The number of hydrogen-bond donors (Lipinski definition) is 1. The van der Waals surface area contributed by atoms with Crippen LogP contribution in [-0.4, -0.2) is 51.5 Å². The number of carbonyl (C=O) groups excluding carboxylic acids is 1. The topological polar surface area (TPSA) is 69.3 Å². The third-order valence-corrected chi connectivity index (χ3v) is 4.87. The fraction of sp³-hybridized carbons (Fsp3) is 0.381. The van der Waals surface area contributed by atoms with Crippen LogP contribution in [0, 0.1) is 0 Å². The number of fused-ring (bicyclic) bond motifs is 2. The van der Waals surface area contributed by atoms with Crippen molar-refractivity contribution in [1.29, 1.82) is 0 Å². The molecule has 28 heavy (non-hydrogen) atoms. The maximum absolute atomic E-state index is 12.5. The van der Waals surface area contributed by atoms with Gasteiger partial charge in [0.2, 0.25) is 12.7 Å². The maximum atomic E-state index is 12.5. The average Bonchev–Trinajstić information content (AvgIpc) is 3.16. The van der Waals surface area contributed by atoms with Crippen LogP contribution in [0.3, 0.4) is 0 Å². The molecule has 148 valence electrons. The van der Waals surface area contributed by atoms with Crippen molar-refractivity contribution in [3.05, 3.63) is 47.5 Å². The summed E-state index contributed by atoms with van der Waals surface area (Å²) in [6, 6.07) is 11.5. The van der Waals surface area contributed by atoms with Crippen molar-refractivity contribution in [3.63, 3.8) is 0 Å². The molecule has 1 amide bonds. The zero-order chi connectivity index (χ0) is 19.5. The van der Waals surface area contributed by atoms with E-state index in [1.807, 2.05) is 50.5 Å². The maximum Gasteiger partial charge on any atom is 0.231 e. The Hall–Kier alpha value is -2.93. The second kappa shape index (κ2) is 7.98. The van der Waals surface area contributed by atoms with Crippen LogP contribution in [-0.2, 0) is 11.2 Å². The van der Waals surface area contributed by atoms with Crippen LogP contribution in [0.2, 0.25) is 0 Å². The Morgan fingerprint density at radius 3 is 2.46 bits per heavy atom. The zero-order valence-electron chi connectivity index (χ0n) is 16.1. The highest BCUT2D eigenvalue weighted by molar-refractivity contribution is 5.78. The van der Waals surface area contributed by atoms with E-state index < -0.39 is 0 Å². The molecule has 0 aliphatic carbocycles. The minimum Gasteiger partial charge on any atom is -0.486 e. The Morgan fingerprint density at radius 2 is 1.64 bits per heavy atom. The minimum absolute atomic E-state index is 0.0266. The number of ether oxygens (including phenoxy) is 4. The molecular formula is C21H24N2O5. The Bertz CT molecular complexity index is 868. The molecule has 2 aliphatic heterocycles. The van der Waals surface area contributed by atoms with E-state index in [2.05, 4.69) is 10.2 Å². The van der Waals surface area contributed by atoms with Gasteiger partial charge < -0.3 is 29.2 Å². The van der Waals surface area contributed by atoms with Gasteiger partial charge in [-0.3, -0.25) is 4.79 Å². The monoisotopic (exact) mass is 384 g/mol. The van der Waals surface area contributed by atoms with Crippen LogP contribution in [0.4, 0.5) is 0 Å². The number of likely N-dealkylation sites (N-methyl/N-ethyl adjacent to an activating group) is 1. The first-order chi connectivity index (χ1) is 13.6. The Morgan fingerprint density at radius 1 is 0.964 bits per heavy atom. The molecule has 2 heterocycles. The molecule has 0 bridgehead atoms. The van der Waals surface area contributed by atoms with Crippen molar-refractivity contribution in [2.75, 3.05) is 40.6 Å². The summed E-state index contributed by atoms with van der Waals surface area (Å²) in [5, 5.41) is 3.03. The van der Waals surface area contributed by atoms with E-state index >= 15 is 0 Å². The summed E-state index contributed by atoms with van der Waals surface area (Å²) in [4.78, 5) is 14.6. The van der Waals surface area contributed by atoms with E-state index in [1.54, 1.807) is 0 Å². The van der Waals surface area contributed by atoms with Crippen molar-refractivity contribution in [1.82, 2.24) is 10.2 Å². The van der Waals surface area contributed by atoms with Crippen LogP contribution < -0.4 is 24.3 Å². The number of rotatable bonds is 6. The van der Waals surface area contributed by atoms with E-state index in [0.717, 1.165) is 28.4 Å². The second-order valence-electron chi connectivity index (χ2n) is 7.05. The van der Waals surface area contributed by atoms with Crippen molar-refractivity contribution in [2.45, 2.75) is 12.5 Å². The lowest BCUT2D eigenvalue weighted by Crippen LogP contribution is -2.35. The van der Waals surface area contributed by atoms with Crippen molar-refractivity contribution < 1.29 is 23.7 Å². The van der Waals surface area contributed by atoms with E-state index in [0.29, 0.717) is 25.5 Å². The average molecular weight is 384 g/mol. The number of nitrogens with one attached hydrogen (secondary N) is 1. The van der Waals surface area contributed by atoms with Crippen LogP contribution in [0.5, 0.6) is 23.0 Å². The Balaban J connectivity index is 1.38. The highest BCUT2D eigenvalue weighted by Crippen LogP contribution is 2.35. The fourth-order valence-electron chi connectivity index (χ4n) is 3.38. The van der Waals surface area contributed by atoms with Crippen LogP contribution >= 0.6 is 0 Å². The lowest BCUT2D eigenvalue weighted by atomic mass is 10.0. The lowest BCUT2D eigenvalue weighted by Gasteiger charge is -2.25. The number of amides is 1. The molecule has 0 aromatic heterocycles. The van der Waals surface area contributed by atoms with Gasteiger partial charge in [-0.15, -0.1) is 0 Å². The summed E-state index contributed by atoms with van der Waals surface area (Å²) in [6.45, 7) is 1.83. The van der Waals surface area contributed by atoms with Gasteiger partial charge in [0.15, 0.2) is 23.0 Å². The molecule has 1 N–H and O–H groups in total. The number of benzene rings is 2. The quantitative estimate of drug-likeness (QED) is 0.823. The van der Waals surface area contributed by atoms with Crippen LogP contribution in [0.15, 0.2) is 36.4 Å². The van der Waals surface area contributed by atoms with Gasteiger partial charge in [0.25, 0.3) is 0 Å². The van der Waals surface area contributed by atoms with E-state index in [4.69, 9.17) is 18.9 Å². The van der Waals surface area contributed by atoms with Crippen molar-refractivity contribution in [3.8, 4) is 23.0 Å². The molecule has 0 saturated heterocycles. The Labute approximate surface area is 164 Å². The number of nitrogens with zero attached hydrogens (tertiary/aromatic N) is 1. The van der Waals surface area contributed by atoms with Gasteiger partial charge in [-0.1, -0.05) is 12.1 Å². The highest BCUT2D eigenvalue weighted by Gasteiger charge is 2.20. The van der Waals surface area contributed by atoms with E-state index in [-0.39, 0.29) is 25.2 Å². The summed E-state index contributed by atoms with van der Waals surface area (Å²) < 4.78 is 21.9. The molecule has 2 aromatic carbocycles. The van der Waals surface area contributed by atoms with Crippen molar-refractivity contribution >= 4 is 5.91 Å². The molecule has 0 fully saturated rings. The molecule has 1 unspecified atom stereocenters. The first kappa shape index (κ1) is 18.4. The van der Waals surface area contributed by atoms with Gasteiger partial charge in [-0.2, -0.15) is 0 Å². The fourth-order valence-corrected chi connectivity index (χ4v) is 3.38. The zero-order valence-corrected chi connectivity index (χ0v) is 16.1. The van der Waals surface area contributed by atoms with E-state index in [9.17, 15) is 4.79 Å². The normalized spacial score (nSPS) is 15.4. The number of hydrogen-bond acceptors (Lipinski definition) is 6. The smallest absolute Gasteiger partial charge is 0.231 e. The molecule has 1 atom stereocenters. The van der Waals surface area contributed by atoms with Crippen LogP contribution in [0.1, 0.15) is 17.2 Å². The first-order valence-electron chi connectivity index (χ1n) is 9.31. The van der Waals surface area contributed by atoms with Gasteiger partial charge in [0.05, 0.1) is 12.5 Å². The molecule has 0 saturated carbocycles. The van der Waals surface area contributed by atoms with Gasteiger partial charge in [0, 0.05) is 6.54 Å². The summed E-state index contributed by atoms with van der Waals surface area (Å²) in [6.07, 6.45) is 0.290. The summed E-state index contributed by atoms with van der Waals surface area (Å²) in [5.74, 6) is 2.88. The molecule has 2 aliphatic rings.